The van der Waals surface area contributed by atoms with Crippen LogP contribution in [0.15, 0.2) is 18.5 Å². The van der Waals surface area contributed by atoms with Gasteiger partial charge in [0.05, 0.1) is 17.3 Å². The zero-order valence-electron chi connectivity index (χ0n) is 10.9. The lowest BCUT2D eigenvalue weighted by Gasteiger charge is -2.37. The van der Waals surface area contributed by atoms with Crippen molar-refractivity contribution in [3.63, 3.8) is 0 Å². The highest BCUT2D eigenvalue weighted by Gasteiger charge is 2.23. The number of hydrogen-bond donors (Lipinski definition) is 1. The second-order valence-electron chi connectivity index (χ2n) is 4.80. The molecule has 1 fully saturated rings. The van der Waals surface area contributed by atoms with Gasteiger partial charge in [-0.2, -0.15) is 5.10 Å². The zero-order chi connectivity index (χ0) is 12.5. The average molecular weight is 245 g/mol. The molecule has 0 saturated carbocycles. The van der Waals surface area contributed by atoms with Crippen molar-refractivity contribution in [2.75, 3.05) is 24.5 Å². The van der Waals surface area contributed by atoms with Gasteiger partial charge < -0.3 is 10.2 Å². The molecule has 3 heterocycles. The van der Waals surface area contributed by atoms with Crippen LogP contribution in [0.3, 0.4) is 0 Å². The Morgan fingerprint density at radius 2 is 2.39 bits per heavy atom. The molecule has 0 amide bonds. The number of nitrogens with zero attached hydrogens (tertiary/aromatic N) is 4. The highest BCUT2D eigenvalue weighted by atomic mass is 15.3. The van der Waals surface area contributed by atoms with E-state index in [0.717, 1.165) is 37.1 Å². The molecule has 1 N–H and O–H groups in total. The van der Waals surface area contributed by atoms with Gasteiger partial charge >= 0.3 is 0 Å². The van der Waals surface area contributed by atoms with Crippen molar-refractivity contribution in [1.29, 1.82) is 0 Å². The van der Waals surface area contributed by atoms with E-state index in [1.165, 1.54) is 5.69 Å². The molecule has 1 aliphatic heterocycles. The van der Waals surface area contributed by atoms with Gasteiger partial charge in [-0.15, -0.1) is 0 Å². The van der Waals surface area contributed by atoms with Crippen molar-refractivity contribution < 1.29 is 0 Å². The van der Waals surface area contributed by atoms with Crippen LogP contribution in [0.25, 0.3) is 11.0 Å². The van der Waals surface area contributed by atoms with Crippen LogP contribution >= 0.6 is 0 Å². The summed E-state index contributed by atoms with van der Waals surface area (Å²) >= 11 is 0. The SMILES string of the molecule is CC[C@H]1CNCCN1c1ccnc2c1cnn2C. The van der Waals surface area contributed by atoms with Gasteiger partial charge in [-0.1, -0.05) is 6.92 Å². The third-order valence-corrected chi connectivity index (χ3v) is 3.74. The lowest BCUT2D eigenvalue weighted by molar-refractivity contribution is 0.467. The largest absolute Gasteiger partial charge is 0.365 e. The Balaban J connectivity index is 2.07. The summed E-state index contributed by atoms with van der Waals surface area (Å²) in [7, 11) is 1.94. The summed E-state index contributed by atoms with van der Waals surface area (Å²) in [4.78, 5) is 6.89. The van der Waals surface area contributed by atoms with Crippen molar-refractivity contribution in [2.24, 2.45) is 7.05 Å². The molecule has 2 aromatic heterocycles. The van der Waals surface area contributed by atoms with Gasteiger partial charge in [0.25, 0.3) is 0 Å². The molecule has 0 bridgehead atoms. The van der Waals surface area contributed by atoms with Gasteiger partial charge in [-0.25, -0.2) is 4.98 Å². The van der Waals surface area contributed by atoms with Gasteiger partial charge in [0.2, 0.25) is 0 Å². The van der Waals surface area contributed by atoms with Crippen LogP contribution in [-0.2, 0) is 7.05 Å². The molecule has 0 spiro atoms. The Bertz CT molecular complexity index is 547. The van der Waals surface area contributed by atoms with Gasteiger partial charge in [-0.3, -0.25) is 4.68 Å². The van der Waals surface area contributed by atoms with E-state index in [9.17, 15) is 0 Å². The van der Waals surface area contributed by atoms with Crippen molar-refractivity contribution in [1.82, 2.24) is 20.1 Å². The normalized spacial score (nSPS) is 20.6. The van der Waals surface area contributed by atoms with E-state index in [4.69, 9.17) is 0 Å². The van der Waals surface area contributed by atoms with Crippen molar-refractivity contribution in [3.8, 4) is 0 Å². The predicted octanol–water partition coefficient (Wildman–Crippen LogP) is 1.16. The van der Waals surface area contributed by atoms with Crippen LogP contribution in [0.2, 0.25) is 0 Å². The summed E-state index contributed by atoms with van der Waals surface area (Å²) in [5.41, 5.74) is 2.22. The molecular formula is C13H19N5. The monoisotopic (exact) mass is 245 g/mol. The molecule has 18 heavy (non-hydrogen) atoms. The first kappa shape index (κ1) is 11.5. The standard InChI is InChI=1S/C13H19N5/c1-3-10-8-14-6-7-18(10)12-4-5-15-13-11(12)9-16-17(13)2/h4-5,9-10,14H,3,6-8H2,1-2H3/t10-/m0/s1. The lowest BCUT2D eigenvalue weighted by atomic mass is 10.1. The minimum Gasteiger partial charge on any atom is -0.365 e. The molecule has 0 aromatic carbocycles. The van der Waals surface area contributed by atoms with E-state index in [-0.39, 0.29) is 0 Å². The van der Waals surface area contributed by atoms with E-state index in [2.05, 4.69) is 33.3 Å². The highest BCUT2D eigenvalue weighted by Crippen LogP contribution is 2.27. The summed E-state index contributed by atoms with van der Waals surface area (Å²) < 4.78 is 1.84. The topological polar surface area (TPSA) is 46.0 Å². The summed E-state index contributed by atoms with van der Waals surface area (Å²) in [6.45, 7) is 5.39. The van der Waals surface area contributed by atoms with Crippen molar-refractivity contribution in [3.05, 3.63) is 18.5 Å². The van der Waals surface area contributed by atoms with E-state index in [1.54, 1.807) is 0 Å². The smallest absolute Gasteiger partial charge is 0.159 e. The maximum Gasteiger partial charge on any atom is 0.159 e. The fraction of sp³-hybridized carbons (Fsp3) is 0.538. The first-order valence-electron chi connectivity index (χ1n) is 6.55. The van der Waals surface area contributed by atoms with E-state index in [0.29, 0.717) is 6.04 Å². The number of pyridine rings is 1. The second-order valence-corrected chi connectivity index (χ2v) is 4.80. The molecule has 1 aliphatic rings. The Morgan fingerprint density at radius 1 is 1.50 bits per heavy atom. The number of fused-ring (bicyclic) bond motifs is 1. The molecule has 1 atom stereocenters. The minimum absolute atomic E-state index is 0.560. The molecule has 0 aliphatic carbocycles. The Kier molecular flexibility index (Phi) is 2.91. The molecule has 0 radical (unpaired) electrons. The molecule has 96 valence electrons. The second kappa shape index (κ2) is 4.57. The zero-order valence-corrected chi connectivity index (χ0v) is 10.9. The number of aryl methyl sites for hydroxylation is 1. The Morgan fingerprint density at radius 3 is 3.22 bits per heavy atom. The number of hydrogen-bond acceptors (Lipinski definition) is 4. The average Bonchev–Trinajstić information content (AvgIpc) is 2.81. The molecule has 3 rings (SSSR count). The summed E-state index contributed by atoms with van der Waals surface area (Å²) in [5, 5.41) is 8.93. The maximum absolute atomic E-state index is 4.41. The third kappa shape index (κ3) is 1.75. The number of aromatic nitrogens is 3. The number of anilines is 1. The molecular weight excluding hydrogens is 226 g/mol. The molecule has 1 saturated heterocycles. The fourth-order valence-electron chi connectivity index (χ4n) is 2.73. The summed E-state index contributed by atoms with van der Waals surface area (Å²) in [6.07, 6.45) is 4.96. The quantitative estimate of drug-likeness (QED) is 0.862. The van der Waals surface area contributed by atoms with E-state index < -0.39 is 0 Å². The molecule has 2 aromatic rings. The van der Waals surface area contributed by atoms with E-state index in [1.807, 2.05) is 24.1 Å². The number of piperazine rings is 1. The third-order valence-electron chi connectivity index (χ3n) is 3.74. The van der Waals surface area contributed by atoms with Crippen molar-refractivity contribution in [2.45, 2.75) is 19.4 Å². The van der Waals surface area contributed by atoms with Crippen LogP contribution in [0.1, 0.15) is 13.3 Å². The van der Waals surface area contributed by atoms with Gasteiger partial charge in [0.15, 0.2) is 5.65 Å². The van der Waals surface area contributed by atoms with Gasteiger partial charge in [0.1, 0.15) is 0 Å². The fourth-order valence-corrected chi connectivity index (χ4v) is 2.73. The maximum atomic E-state index is 4.41. The van der Waals surface area contributed by atoms with Crippen LogP contribution in [-0.4, -0.2) is 40.4 Å². The van der Waals surface area contributed by atoms with Crippen LogP contribution in [0.4, 0.5) is 5.69 Å². The summed E-state index contributed by atoms with van der Waals surface area (Å²) in [6, 6.07) is 2.67. The first-order chi connectivity index (χ1) is 8.81. The van der Waals surface area contributed by atoms with Crippen LogP contribution in [0, 0.1) is 0 Å². The Labute approximate surface area is 107 Å². The minimum atomic E-state index is 0.560. The Hall–Kier alpha value is -1.62. The lowest BCUT2D eigenvalue weighted by Crippen LogP contribution is -2.51. The molecule has 0 unspecified atom stereocenters. The molecule has 5 heteroatoms. The van der Waals surface area contributed by atoms with Crippen LogP contribution < -0.4 is 10.2 Å². The van der Waals surface area contributed by atoms with Crippen molar-refractivity contribution >= 4 is 16.7 Å². The van der Waals surface area contributed by atoms with Gasteiger partial charge in [-0.05, 0) is 12.5 Å². The highest BCUT2D eigenvalue weighted by molar-refractivity contribution is 5.89. The molecule has 5 nitrogen and oxygen atoms in total. The number of nitrogens with one attached hydrogen (secondary N) is 1. The number of rotatable bonds is 2. The van der Waals surface area contributed by atoms with Crippen LogP contribution in [0.5, 0.6) is 0 Å². The predicted molar refractivity (Wildman–Crippen MR) is 72.8 cm³/mol. The summed E-state index contributed by atoms with van der Waals surface area (Å²) in [5.74, 6) is 0. The van der Waals surface area contributed by atoms with E-state index >= 15 is 0 Å². The first-order valence-corrected chi connectivity index (χ1v) is 6.55. The van der Waals surface area contributed by atoms with Gasteiger partial charge in [0, 0.05) is 38.9 Å².